The van der Waals surface area contributed by atoms with Gasteiger partial charge in [0.1, 0.15) is 0 Å². The molecule has 0 saturated carbocycles. The van der Waals surface area contributed by atoms with E-state index in [2.05, 4.69) is 15.9 Å². The van der Waals surface area contributed by atoms with Crippen LogP contribution in [0.25, 0.3) is 0 Å². The zero-order chi connectivity index (χ0) is 15.4. The van der Waals surface area contributed by atoms with Gasteiger partial charge in [-0.15, -0.1) is 0 Å². The molecular weight excluding hydrogens is 336 g/mol. The van der Waals surface area contributed by atoms with Gasteiger partial charge >= 0.3 is 11.9 Å². The van der Waals surface area contributed by atoms with Crippen LogP contribution >= 0.6 is 15.9 Å². The van der Waals surface area contributed by atoms with E-state index in [9.17, 15) is 19.8 Å². The Hall–Kier alpha value is -2.14. The molecular formula is C16H13BrO4. The summed E-state index contributed by atoms with van der Waals surface area (Å²) in [6.07, 6.45) is 0. The number of rotatable bonds is 5. The molecule has 1 unspecified atom stereocenters. The number of benzene rings is 2. The number of aliphatic carboxylic acids is 2. The molecule has 0 aliphatic heterocycles. The van der Waals surface area contributed by atoms with Crippen LogP contribution in [0.15, 0.2) is 59.1 Å². The van der Waals surface area contributed by atoms with E-state index in [4.69, 9.17) is 0 Å². The van der Waals surface area contributed by atoms with E-state index >= 15 is 0 Å². The molecule has 0 aliphatic rings. The van der Waals surface area contributed by atoms with Crippen molar-refractivity contribution in [1.82, 2.24) is 0 Å². The molecule has 0 spiro atoms. The van der Waals surface area contributed by atoms with E-state index in [0.29, 0.717) is 15.6 Å². The Morgan fingerprint density at radius 2 is 1.38 bits per heavy atom. The van der Waals surface area contributed by atoms with Gasteiger partial charge in [-0.1, -0.05) is 64.5 Å². The predicted octanol–water partition coefficient (Wildman–Crippen LogP) is 3.37. The van der Waals surface area contributed by atoms with Crippen LogP contribution in [0, 0.1) is 5.92 Å². The SMILES string of the molecule is O=C(O)C(C(=O)O)C(c1ccccc1)c1ccccc1Br. The minimum absolute atomic E-state index is 0.638. The first-order chi connectivity index (χ1) is 10.0. The predicted molar refractivity (Wildman–Crippen MR) is 81.2 cm³/mol. The molecule has 4 nitrogen and oxygen atoms in total. The van der Waals surface area contributed by atoms with E-state index in [1.54, 1.807) is 54.6 Å². The van der Waals surface area contributed by atoms with Gasteiger partial charge in [0.05, 0.1) is 0 Å². The molecule has 0 fully saturated rings. The van der Waals surface area contributed by atoms with Gasteiger partial charge in [0.2, 0.25) is 0 Å². The van der Waals surface area contributed by atoms with Crippen LogP contribution in [-0.2, 0) is 9.59 Å². The average Bonchev–Trinajstić information content (AvgIpc) is 2.45. The Morgan fingerprint density at radius 1 is 0.857 bits per heavy atom. The quantitative estimate of drug-likeness (QED) is 0.812. The monoisotopic (exact) mass is 348 g/mol. The van der Waals surface area contributed by atoms with Crippen molar-refractivity contribution in [2.45, 2.75) is 5.92 Å². The summed E-state index contributed by atoms with van der Waals surface area (Å²) in [5.74, 6) is -5.03. The van der Waals surface area contributed by atoms with Crippen LogP contribution in [0.1, 0.15) is 17.0 Å². The van der Waals surface area contributed by atoms with E-state index < -0.39 is 23.8 Å². The van der Waals surface area contributed by atoms with Crippen LogP contribution in [0.2, 0.25) is 0 Å². The Morgan fingerprint density at radius 3 is 1.90 bits per heavy atom. The van der Waals surface area contributed by atoms with Crippen LogP contribution in [0.3, 0.4) is 0 Å². The highest BCUT2D eigenvalue weighted by atomic mass is 79.9. The molecule has 108 valence electrons. The first kappa shape index (κ1) is 15.3. The highest BCUT2D eigenvalue weighted by molar-refractivity contribution is 9.10. The molecule has 0 radical (unpaired) electrons. The van der Waals surface area contributed by atoms with Gasteiger partial charge in [-0.05, 0) is 17.2 Å². The lowest BCUT2D eigenvalue weighted by molar-refractivity contribution is -0.155. The zero-order valence-electron chi connectivity index (χ0n) is 10.9. The number of carbonyl (C=O) groups is 2. The Kier molecular flexibility index (Phi) is 4.75. The van der Waals surface area contributed by atoms with E-state index in [0.717, 1.165) is 0 Å². The van der Waals surface area contributed by atoms with Crippen molar-refractivity contribution < 1.29 is 19.8 Å². The van der Waals surface area contributed by atoms with E-state index in [1.165, 1.54) is 0 Å². The third-order valence-electron chi connectivity index (χ3n) is 3.26. The maximum Gasteiger partial charge on any atom is 0.318 e. The van der Waals surface area contributed by atoms with E-state index in [1.807, 2.05) is 0 Å². The molecule has 0 bridgehead atoms. The molecule has 0 amide bonds. The van der Waals surface area contributed by atoms with Gasteiger partial charge in [-0.2, -0.15) is 0 Å². The molecule has 2 N–H and O–H groups in total. The van der Waals surface area contributed by atoms with Crippen LogP contribution in [0.5, 0.6) is 0 Å². The number of carboxylic acid groups (broad SMARTS) is 2. The second kappa shape index (κ2) is 6.54. The van der Waals surface area contributed by atoms with Crippen molar-refractivity contribution in [2.75, 3.05) is 0 Å². The molecule has 0 saturated heterocycles. The average molecular weight is 349 g/mol. The van der Waals surface area contributed by atoms with Gasteiger partial charge in [0, 0.05) is 10.4 Å². The molecule has 2 rings (SSSR count). The Bertz CT molecular complexity index is 640. The molecule has 2 aromatic carbocycles. The van der Waals surface area contributed by atoms with Gasteiger partial charge in [-0.25, -0.2) is 0 Å². The molecule has 2 aromatic rings. The van der Waals surface area contributed by atoms with Crippen LogP contribution < -0.4 is 0 Å². The fourth-order valence-electron chi connectivity index (χ4n) is 2.33. The van der Waals surface area contributed by atoms with Crippen molar-refractivity contribution in [3.8, 4) is 0 Å². The van der Waals surface area contributed by atoms with Gasteiger partial charge in [0.15, 0.2) is 5.92 Å². The lowest BCUT2D eigenvalue weighted by Gasteiger charge is -2.23. The summed E-state index contributed by atoms with van der Waals surface area (Å²) in [6, 6.07) is 15.9. The van der Waals surface area contributed by atoms with Crippen LogP contribution in [-0.4, -0.2) is 22.2 Å². The van der Waals surface area contributed by atoms with Gasteiger partial charge < -0.3 is 10.2 Å². The summed E-state index contributed by atoms with van der Waals surface area (Å²) in [5.41, 5.74) is 1.29. The maximum absolute atomic E-state index is 11.4. The van der Waals surface area contributed by atoms with Gasteiger partial charge in [-0.3, -0.25) is 9.59 Å². The second-order valence-corrected chi connectivity index (χ2v) is 5.42. The largest absolute Gasteiger partial charge is 0.481 e. The first-order valence-corrected chi connectivity index (χ1v) is 7.06. The van der Waals surface area contributed by atoms with Crippen molar-refractivity contribution >= 4 is 27.9 Å². The summed E-state index contributed by atoms with van der Waals surface area (Å²) in [7, 11) is 0. The number of hydrogen-bond acceptors (Lipinski definition) is 2. The molecule has 0 aromatic heterocycles. The minimum Gasteiger partial charge on any atom is -0.481 e. The highest BCUT2D eigenvalue weighted by Crippen LogP contribution is 2.36. The number of halogens is 1. The first-order valence-electron chi connectivity index (χ1n) is 6.27. The molecule has 5 heteroatoms. The zero-order valence-corrected chi connectivity index (χ0v) is 12.5. The fraction of sp³-hybridized carbons (Fsp3) is 0.125. The third-order valence-corrected chi connectivity index (χ3v) is 3.99. The molecule has 0 heterocycles. The summed E-state index contributed by atoms with van der Waals surface area (Å²) in [5, 5.41) is 18.7. The van der Waals surface area contributed by atoms with Crippen molar-refractivity contribution in [3.63, 3.8) is 0 Å². The van der Waals surface area contributed by atoms with Crippen molar-refractivity contribution in [2.24, 2.45) is 5.92 Å². The normalized spacial score (nSPS) is 12.1. The number of carboxylic acids is 2. The molecule has 0 aliphatic carbocycles. The fourth-order valence-corrected chi connectivity index (χ4v) is 2.86. The third kappa shape index (κ3) is 3.31. The summed E-state index contributed by atoms with van der Waals surface area (Å²) in [4.78, 5) is 22.9. The second-order valence-electron chi connectivity index (χ2n) is 4.56. The molecule has 1 atom stereocenters. The Labute approximate surface area is 130 Å². The maximum atomic E-state index is 11.4. The lowest BCUT2D eigenvalue weighted by Crippen LogP contribution is -2.30. The van der Waals surface area contributed by atoms with Crippen LogP contribution in [0.4, 0.5) is 0 Å². The molecule has 21 heavy (non-hydrogen) atoms. The minimum atomic E-state index is -1.55. The summed E-state index contributed by atoms with van der Waals surface area (Å²) >= 11 is 3.37. The van der Waals surface area contributed by atoms with Gasteiger partial charge in [0.25, 0.3) is 0 Å². The summed E-state index contributed by atoms with van der Waals surface area (Å²) in [6.45, 7) is 0. The van der Waals surface area contributed by atoms with Crippen molar-refractivity contribution in [3.05, 3.63) is 70.2 Å². The van der Waals surface area contributed by atoms with E-state index in [-0.39, 0.29) is 0 Å². The topological polar surface area (TPSA) is 74.6 Å². The lowest BCUT2D eigenvalue weighted by atomic mass is 9.80. The highest BCUT2D eigenvalue weighted by Gasteiger charge is 2.37. The van der Waals surface area contributed by atoms with Crippen molar-refractivity contribution in [1.29, 1.82) is 0 Å². The summed E-state index contributed by atoms with van der Waals surface area (Å²) < 4.78 is 0.686. The Balaban J connectivity index is 2.63. The smallest absolute Gasteiger partial charge is 0.318 e. The number of hydrogen-bond donors (Lipinski definition) is 2. The standard InChI is InChI=1S/C16H13BrO4/c17-12-9-5-4-8-11(12)13(10-6-2-1-3-7-10)14(15(18)19)16(20)21/h1-9,13-14H,(H,18,19)(H,20,21).